The van der Waals surface area contributed by atoms with Crippen LogP contribution in [0.1, 0.15) is 53.4 Å². The zero-order chi connectivity index (χ0) is 24.3. The normalized spacial score (nSPS) is 23.4. The van der Waals surface area contributed by atoms with E-state index in [2.05, 4.69) is 75.8 Å². The quantitative estimate of drug-likeness (QED) is 0.514. The van der Waals surface area contributed by atoms with Gasteiger partial charge in [-0.15, -0.1) is 0 Å². The fraction of sp³-hybridized carbons (Fsp3) is 0.438. The molecule has 0 amide bonds. The largest absolute Gasteiger partial charge is 0.508 e. The molecule has 1 aliphatic carbocycles. The van der Waals surface area contributed by atoms with Crippen LogP contribution < -0.4 is 10.2 Å². The van der Waals surface area contributed by atoms with Crippen molar-refractivity contribution in [2.75, 3.05) is 50.7 Å². The van der Waals surface area contributed by atoms with Gasteiger partial charge in [0.2, 0.25) is 0 Å². The Kier molecular flexibility index (Phi) is 6.98. The van der Waals surface area contributed by atoms with Crippen LogP contribution in [0, 0.1) is 5.92 Å². The first-order valence-electron chi connectivity index (χ1n) is 13.9. The van der Waals surface area contributed by atoms with Crippen LogP contribution in [0.4, 0.5) is 5.69 Å². The fourth-order valence-corrected chi connectivity index (χ4v) is 6.79. The number of aromatic hydroxyl groups is 1. The maximum atomic E-state index is 10.1. The smallest absolute Gasteiger partial charge is 0.115 e. The predicted molar refractivity (Wildman–Crippen MR) is 148 cm³/mol. The topological polar surface area (TPSA) is 38.7 Å². The third-order valence-corrected chi connectivity index (χ3v) is 8.78. The van der Waals surface area contributed by atoms with Gasteiger partial charge in [-0.05, 0) is 97.1 Å². The maximum Gasteiger partial charge on any atom is 0.115 e. The van der Waals surface area contributed by atoms with Crippen LogP contribution in [-0.4, -0.2) is 55.8 Å². The molecule has 2 saturated heterocycles. The Balaban J connectivity index is 1.18. The van der Waals surface area contributed by atoms with Crippen LogP contribution >= 0.6 is 0 Å². The molecule has 0 unspecified atom stereocenters. The molecule has 2 heterocycles. The number of rotatable bonds is 5. The second-order valence-corrected chi connectivity index (χ2v) is 11.0. The molecule has 188 valence electrons. The Labute approximate surface area is 216 Å². The second-order valence-electron chi connectivity index (χ2n) is 11.0. The Morgan fingerprint density at radius 2 is 1.53 bits per heavy atom. The average Bonchev–Trinajstić information content (AvgIpc) is 2.94. The van der Waals surface area contributed by atoms with E-state index in [0.29, 0.717) is 17.6 Å². The Bertz CT molecular complexity index is 1130. The minimum absolute atomic E-state index is 0.313. The third kappa shape index (κ3) is 5.02. The number of benzene rings is 3. The van der Waals surface area contributed by atoms with E-state index in [4.69, 9.17) is 0 Å². The van der Waals surface area contributed by atoms with Gasteiger partial charge in [-0.3, -0.25) is 4.90 Å². The lowest BCUT2D eigenvalue weighted by Gasteiger charge is -2.38. The van der Waals surface area contributed by atoms with Crippen LogP contribution in [0.3, 0.4) is 0 Å². The number of fused-ring (bicyclic) bond motifs is 1. The molecule has 0 saturated carbocycles. The van der Waals surface area contributed by atoms with Gasteiger partial charge in [-0.25, -0.2) is 0 Å². The number of nitrogens with one attached hydrogen (secondary N) is 1. The van der Waals surface area contributed by atoms with Gasteiger partial charge in [-0.2, -0.15) is 0 Å². The maximum absolute atomic E-state index is 10.1. The number of phenolic OH excluding ortho intramolecular Hbond substituents is 1. The number of nitrogens with zero attached hydrogens (tertiary/aromatic N) is 2. The standard InChI is InChI=1S/C32H39N3O/c36-29-11-13-31-27(22-29)8-12-30(25-4-2-1-3-5-25)32(31)26-6-9-28(10-7-26)35-20-18-34(19-21-35)23-24-14-16-33-17-15-24/h1-7,9-11,13,22,24,30,32-33,36H,8,12,14-21,23H2/t30-,32+/m1/s1. The van der Waals surface area contributed by atoms with E-state index in [1.54, 1.807) is 0 Å². The summed E-state index contributed by atoms with van der Waals surface area (Å²) < 4.78 is 0. The van der Waals surface area contributed by atoms with Crippen molar-refractivity contribution < 1.29 is 5.11 Å². The zero-order valence-corrected chi connectivity index (χ0v) is 21.3. The van der Waals surface area contributed by atoms with E-state index >= 15 is 0 Å². The van der Waals surface area contributed by atoms with E-state index in [0.717, 1.165) is 31.8 Å². The van der Waals surface area contributed by atoms with E-state index in [1.165, 1.54) is 73.5 Å². The first kappa shape index (κ1) is 23.6. The Hall–Kier alpha value is -2.82. The van der Waals surface area contributed by atoms with Crippen molar-refractivity contribution in [3.05, 3.63) is 95.1 Å². The number of aryl methyl sites for hydroxylation is 1. The molecule has 3 aromatic carbocycles. The lowest BCUT2D eigenvalue weighted by atomic mass is 9.69. The summed E-state index contributed by atoms with van der Waals surface area (Å²) in [5.41, 5.74) is 6.80. The number of hydrogen-bond acceptors (Lipinski definition) is 4. The summed E-state index contributed by atoms with van der Waals surface area (Å²) in [6.45, 7) is 8.21. The van der Waals surface area contributed by atoms with Crippen molar-refractivity contribution in [2.24, 2.45) is 5.92 Å². The zero-order valence-electron chi connectivity index (χ0n) is 21.3. The van der Waals surface area contributed by atoms with Gasteiger partial charge < -0.3 is 15.3 Å². The molecule has 2 atom stereocenters. The molecule has 0 aromatic heterocycles. The summed E-state index contributed by atoms with van der Waals surface area (Å²) in [5, 5.41) is 13.6. The van der Waals surface area contributed by atoms with Crippen molar-refractivity contribution in [1.29, 1.82) is 0 Å². The number of piperidine rings is 1. The molecule has 3 aromatic rings. The van der Waals surface area contributed by atoms with Crippen LogP contribution in [-0.2, 0) is 6.42 Å². The molecule has 0 spiro atoms. The van der Waals surface area contributed by atoms with Gasteiger partial charge in [0.1, 0.15) is 5.75 Å². The Morgan fingerprint density at radius 3 is 2.28 bits per heavy atom. The monoisotopic (exact) mass is 481 g/mol. The van der Waals surface area contributed by atoms with Gasteiger partial charge in [0.15, 0.2) is 0 Å². The molecule has 4 nitrogen and oxygen atoms in total. The van der Waals surface area contributed by atoms with Crippen molar-refractivity contribution >= 4 is 5.69 Å². The summed E-state index contributed by atoms with van der Waals surface area (Å²) in [4.78, 5) is 5.24. The molecule has 2 fully saturated rings. The van der Waals surface area contributed by atoms with Crippen molar-refractivity contribution in [2.45, 2.75) is 37.5 Å². The minimum atomic E-state index is 0.313. The van der Waals surface area contributed by atoms with E-state index in [9.17, 15) is 5.11 Å². The highest BCUT2D eigenvalue weighted by molar-refractivity contribution is 5.52. The SMILES string of the molecule is Oc1ccc2c(c1)CC[C@H](c1ccccc1)[C@@H]2c1ccc(N2CCN(CC3CCNCC3)CC2)cc1. The molecule has 2 N–H and O–H groups in total. The summed E-state index contributed by atoms with van der Waals surface area (Å²) >= 11 is 0. The minimum Gasteiger partial charge on any atom is -0.508 e. The van der Waals surface area contributed by atoms with Crippen molar-refractivity contribution in [3.8, 4) is 5.75 Å². The van der Waals surface area contributed by atoms with Gasteiger partial charge in [0.05, 0.1) is 0 Å². The molecule has 3 aliphatic rings. The van der Waals surface area contributed by atoms with Gasteiger partial charge in [-0.1, -0.05) is 48.5 Å². The van der Waals surface area contributed by atoms with Crippen LogP contribution in [0.2, 0.25) is 0 Å². The molecule has 2 aliphatic heterocycles. The molecular formula is C32H39N3O. The summed E-state index contributed by atoms with van der Waals surface area (Å²) in [7, 11) is 0. The van der Waals surface area contributed by atoms with Crippen LogP contribution in [0.25, 0.3) is 0 Å². The first-order chi connectivity index (χ1) is 17.7. The van der Waals surface area contributed by atoms with E-state index < -0.39 is 0 Å². The summed E-state index contributed by atoms with van der Waals surface area (Å²) in [5.74, 6) is 2.01. The Morgan fingerprint density at radius 1 is 0.778 bits per heavy atom. The molecule has 36 heavy (non-hydrogen) atoms. The number of anilines is 1. The average molecular weight is 482 g/mol. The van der Waals surface area contributed by atoms with E-state index in [1.807, 2.05) is 12.1 Å². The van der Waals surface area contributed by atoms with Crippen LogP contribution in [0.15, 0.2) is 72.8 Å². The third-order valence-electron chi connectivity index (χ3n) is 8.78. The first-order valence-corrected chi connectivity index (χ1v) is 13.9. The fourth-order valence-electron chi connectivity index (χ4n) is 6.79. The summed E-state index contributed by atoms with van der Waals surface area (Å²) in [6.07, 6.45) is 4.77. The molecule has 0 radical (unpaired) electrons. The molecular weight excluding hydrogens is 442 g/mol. The lowest BCUT2D eigenvalue weighted by molar-refractivity contribution is 0.196. The van der Waals surface area contributed by atoms with Crippen LogP contribution in [0.5, 0.6) is 5.75 Å². The number of piperazine rings is 1. The van der Waals surface area contributed by atoms with Gasteiger partial charge in [0.25, 0.3) is 0 Å². The predicted octanol–water partition coefficient (Wildman–Crippen LogP) is 5.38. The van der Waals surface area contributed by atoms with Gasteiger partial charge in [0, 0.05) is 44.3 Å². The number of hydrogen-bond donors (Lipinski definition) is 2. The highest BCUT2D eigenvalue weighted by atomic mass is 16.3. The molecule has 4 heteroatoms. The van der Waals surface area contributed by atoms with Gasteiger partial charge >= 0.3 is 0 Å². The number of phenols is 1. The highest BCUT2D eigenvalue weighted by Gasteiger charge is 2.32. The summed E-state index contributed by atoms with van der Waals surface area (Å²) in [6, 6.07) is 26.4. The second kappa shape index (κ2) is 10.7. The van der Waals surface area contributed by atoms with E-state index in [-0.39, 0.29) is 0 Å². The lowest BCUT2D eigenvalue weighted by Crippen LogP contribution is -2.48. The van der Waals surface area contributed by atoms with Crippen molar-refractivity contribution in [1.82, 2.24) is 10.2 Å². The molecule has 6 rings (SSSR count). The highest BCUT2D eigenvalue weighted by Crippen LogP contribution is 2.47. The molecule has 0 bridgehead atoms. The van der Waals surface area contributed by atoms with Crippen molar-refractivity contribution in [3.63, 3.8) is 0 Å².